The van der Waals surface area contributed by atoms with Crippen LogP contribution in [0.5, 0.6) is 0 Å². The molecule has 0 radical (unpaired) electrons. The Morgan fingerprint density at radius 3 is 2.81 bits per heavy atom. The second-order valence-corrected chi connectivity index (χ2v) is 5.81. The Morgan fingerprint density at radius 2 is 2.12 bits per heavy atom. The third kappa shape index (κ3) is 2.64. The number of rotatable bonds is 3. The molecule has 0 spiro atoms. The van der Waals surface area contributed by atoms with E-state index < -0.39 is 0 Å². The van der Waals surface area contributed by atoms with Gasteiger partial charge in [0.25, 0.3) is 0 Å². The third-order valence-corrected chi connectivity index (χ3v) is 3.83. The average molecular weight is 370 g/mol. The van der Waals surface area contributed by atoms with E-state index in [2.05, 4.69) is 20.3 Å². The Kier molecular flexibility index (Phi) is 3.77. The summed E-state index contributed by atoms with van der Waals surface area (Å²) in [7, 11) is 0. The number of amides is 1. The first-order chi connectivity index (χ1) is 12.5. The normalized spacial score (nSPS) is 11.0. The minimum atomic E-state index is -0.309. The molecular weight excluding hydrogens is 358 g/mol. The molecule has 0 fully saturated rings. The van der Waals surface area contributed by atoms with Gasteiger partial charge in [-0.25, -0.2) is 4.98 Å². The van der Waals surface area contributed by atoms with E-state index in [-0.39, 0.29) is 17.5 Å². The Labute approximate surface area is 152 Å². The van der Waals surface area contributed by atoms with Gasteiger partial charge in [-0.3, -0.25) is 4.79 Å². The van der Waals surface area contributed by atoms with Gasteiger partial charge in [0.15, 0.2) is 11.3 Å². The van der Waals surface area contributed by atoms with Crippen molar-refractivity contribution in [1.82, 2.24) is 25.1 Å². The van der Waals surface area contributed by atoms with Crippen molar-refractivity contribution in [1.29, 1.82) is 0 Å². The van der Waals surface area contributed by atoms with E-state index in [1.807, 2.05) is 0 Å². The lowest BCUT2D eigenvalue weighted by molar-refractivity contribution is -0.117. The molecule has 0 aliphatic heterocycles. The van der Waals surface area contributed by atoms with Gasteiger partial charge in [-0.05, 0) is 35.5 Å². The zero-order valence-electron chi connectivity index (χ0n) is 13.5. The second-order valence-electron chi connectivity index (χ2n) is 5.37. The number of fused-ring (bicyclic) bond motifs is 1. The standard InChI is InChI=1S/C16H12ClN7O2/c1-9(25)23(11-5-2-4-10(17)8-11)24-15-14(21-22-24)13(19-16(18)20-15)12-6-3-7-26-12/h2-8H,1H3,(H2,18,19,20). The van der Waals surface area contributed by atoms with E-state index >= 15 is 0 Å². The Bertz CT molecular complexity index is 1110. The number of aromatic nitrogens is 5. The monoisotopic (exact) mass is 369 g/mol. The van der Waals surface area contributed by atoms with Crippen molar-refractivity contribution in [2.24, 2.45) is 0 Å². The topological polar surface area (TPSA) is 116 Å². The van der Waals surface area contributed by atoms with Crippen LogP contribution in [0.1, 0.15) is 6.92 Å². The van der Waals surface area contributed by atoms with Crippen molar-refractivity contribution < 1.29 is 9.21 Å². The molecule has 4 rings (SSSR count). The lowest BCUT2D eigenvalue weighted by Gasteiger charge is -2.20. The highest BCUT2D eigenvalue weighted by Crippen LogP contribution is 2.27. The van der Waals surface area contributed by atoms with Crippen molar-refractivity contribution in [2.75, 3.05) is 10.7 Å². The number of benzene rings is 1. The van der Waals surface area contributed by atoms with E-state index in [4.69, 9.17) is 21.8 Å². The fraction of sp³-hybridized carbons (Fsp3) is 0.0625. The van der Waals surface area contributed by atoms with Gasteiger partial charge in [0, 0.05) is 11.9 Å². The van der Waals surface area contributed by atoms with Crippen LogP contribution >= 0.6 is 11.6 Å². The number of anilines is 2. The summed E-state index contributed by atoms with van der Waals surface area (Å²) in [6, 6.07) is 10.2. The summed E-state index contributed by atoms with van der Waals surface area (Å²) in [5.74, 6) is 0.158. The average Bonchev–Trinajstić information content (AvgIpc) is 3.25. The first-order valence-electron chi connectivity index (χ1n) is 7.54. The number of furan rings is 1. The SMILES string of the molecule is CC(=O)N(c1cccc(Cl)c1)n1nnc2c(-c3ccco3)nc(N)nc21. The minimum absolute atomic E-state index is 0.00189. The summed E-state index contributed by atoms with van der Waals surface area (Å²) < 4.78 is 5.38. The molecule has 130 valence electrons. The molecule has 0 aliphatic carbocycles. The van der Waals surface area contributed by atoms with Crippen LogP contribution in [0.25, 0.3) is 22.6 Å². The van der Waals surface area contributed by atoms with Crippen molar-refractivity contribution in [3.63, 3.8) is 0 Å². The number of nitrogens with two attached hydrogens (primary N) is 1. The fourth-order valence-corrected chi connectivity index (χ4v) is 2.76. The zero-order valence-corrected chi connectivity index (χ0v) is 14.3. The van der Waals surface area contributed by atoms with E-state index in [1.54, 1.807) is 36.4 Å². The minimum Gasteiger partial charge on any atom is -0.463 e. The lowest BCUT2D eigenvalue weighted by Crippen LogP contribution is -2.35. The van der Waals surface area contributed by atoms with Crippen LogP contribution < -0.4 is 10.7 Å². The maximum Gasteiger partial charge on any atom is 0.244 e. The highest BCUT2D eigenvalue weighted by Gasteiger charge is 2.23. The molecule has 3 heterocycles. The van der Waals surface area contributed by atoms with Crippen molar-refractivity contribution >= 4 is 40.3 Å². The summed E-state index contributed by atoms with van der Waals surface area (Å²) in [6.45, 7) is 1.40. The number of nitrogen functional groups attached to an aromatic ring is 1. The van der Waals surface area contributed by atoms with Crippen LogP contribution in [0.2, 0.25) is 5.02 Å². The molecule has 9 nitrogen and oxygen atoms in total. The molecule has 10 heteroatoms. The van der Waals surface area contributed by atoms with E-state index in [0.717, 1.165) is 0 Å². The molecule has 1 amide bonds. The second kappa shape index (κ2) is 6.12. The largest absolute Gasteiger partial charge is 0.463 e. The summed E-state index contributed by atoms with van der Waals surface area (Å²) in [5, 5.41) is 9.94. The maximum atomic E-state index is 12.3. The molecule has 0 atom stereocenters. The molecule has 4 aromatic rings. The first-order valence-corrected chi connectivity index (χ1v) is 7.92. The first kappa shape index (κ1) is 16.0. The van der Waals surface area contributed by atoms with Crippen molar-refractivity contribution in [3.8, 4) is 11.5 Å². The highest BCUT2D eigenvalue weighted by atomic mass is 35.5. The summed E-state index contributed by atoms with van der Waals surface area (Å²) in [6.07, 6.45) is 1.51. The van der Waals surface area contributed by atoms with Crippen LogP contribution in [0.15, 0.2) is 47.1 Å². The molecule has 0 bridgehead atoms. The molecule has 0 unspecified atom stereocenters. The fourth-order valence-electron chi connectivity index (χ4n) is 2.57. The van der Waals surface area contributed by atoms with E-state index in [1.165, 1.54) is 23.0 Å². The zero-order chi connectivity index (χ0) is 18.3. The molecule has 1 aromatic carbocycles. The highest BCUT2D eigenvalue weighted by molar-refractivity contribution is 6.30. The smallest absolute Gasteiger partial charge is 0.244 e. The molecule has 0 saturated heterocycles. The predicted octanol–water partition coefficient (Wildman–Crippen LogP) is 2.53. The van der Waals surface area contributed by atoms with E-state index in [0.29, 0.717) is 27.7 Å². The van der Waals surface area contributed by atoms with Gasteiger partial charge < -0.3 is 10.2 Å². The molecule has 2 N–H and O–H groups in total. The number of hydrogen-bond acceptors (Lipinski definition) is 7. The molecule has 0 saturated carbocycles. The van der Waals surface area contributed by atoms with Crippen LogP contribution in [0.4, 0.5) is 11.6 Å². The molecule has 3 aromatic heterocycles. The Balaban J connectivity index is 1.95. The molecule has 26 heavy (non-hydrogen) atoms. The Morgan fingerprint density at radius 1 is 1.27 bits per heavy atom. The number of carbonyl (C=O) groups is 1. The molecule has 0 aliphatic rings. The number of carbonyl (C=O) groups excluding carboxylic acids is 1. The van der Waals surface area contributed by atoms with Gasteiger partial charge in [-0.2, -0.15) is 9.99 Å². The maximum absolute atomic E-state index is 12.3. The van der Waals surface area contributed by atoms with Gasteiger partial charge in [-0.15, -0.1) is 9.89 Å². The Hall–Kier alpha value is -3.46. The van der Waals surface area contributed by atoms with Gasteiger partial charge in [-0.1, -0.05) is 17.7 Å². The van der Waals surface area contributed by atoms with Crippen molar-refractivity contribution in [2.45, 2.75) is 6.92 Å². The number of hydrogen-bond donors (Lipinski definition) is 1. The van der Waals surface area contributed by atoms with Gasteiger partial charge >= 0.3 is 0 Å². The van der Waals surface area contributed by atoms with Crippen LogP contribution in [0, 0.1) is 0 Å². The quantitative estimate of drug-likeness (QED) is 0.589. The molecular formula is C16H12ClN7O2. The predicted molar refractivity (Wildman–Crippen MR) is 95.2 cm³/mol. The van der Waals surface area contributed by atoms with Gasteiger partial charge in [0.1, 0.15) is 5.69 Å². The van der Waals surface area contributed by atoms with Crippen LogP contribution in [-0.4, -0.2) is 31.0 Å². The van der Waals surface area contributed by atoms with Crippen molar-refractivity contribution in [3.05, 3.63) is 47.7 Å². The lowest BCUT2D eigenvalue weighted by atomic mass is 10.3. The third-order valence-electron chi connectivity index (χ3n) is 3.60. The summed E-state index contributed by atoms with van der Waals surface area (Å²) >= 11 is 6.05. The summed E-state index contributed by atoms with van der Waals surface area (Å²) in [5.41, 5.74) is 7.35. The number of halogens is 1. The van der Waals surface area contributed by atoms with Crippen LogP contribution in [0.3, 0.4) is 0 Å². The van der Waals surface area contributed by atoms with Gasteiger partial charge in [0.2, 0.25) is 17.5 Å². The number of nitrogens with zero attached hydrogens (tertiary/aromatic N) is 6. The van der Waals surface area contributed by atoms with Gasteiger partial charge in [0.05, 0.1) is 12.0 Å². The van der Waals surface area contributed by atoms with E-state index in [9.17, 15) is 4.79 Å². The summed E-state index contributed by atoms with van der Waals surface area (Å²) in [4.78, 5) is 21.9. The van der Waals surface area contributed by atoms with Crippen LogP contribution in [-0.2, 0) is 4.79 Å².